The normalized spacial score (nSPS) is 14.3. The molecule has 0 aliphatic carbocycles. The number of nitrogens with zero attached hydrogens (tertiary/aromatic N) is 1. The summed E-state index contributed by atoms with van der Waals surface area (Å²) < 4.78 is 2.66. The van der Waals surface area contributed by atoms with E-state index < -0.39 is 5.41 Å². The van der Waals surface area contributed by atoms with Gasteiger partial charge < -0.3 is 4.57 Å². The summed E-state index contributed by atoms with van der Waals surface area (Å²) in [4.78, 5) is 0. The van der Waals surface area contributed by atoms with Gasteiger partial charge in [-0.25, -0.2) is 0 Å². The van der Waals surface area contributed by atoms with Crippen molar-refractivity contribution in [3.8, 4) is 5.69 Å². The standard InChI is InChI=1S/C49H36BN/c1-48(2,3)33-26-29-43-39(30-33)38-27-28-41-45-47(38)51(43)46-37-23-13-11-21-35(37)34-20-10-12-22-36(34)44(46)50(45)42-25-15-14-24-40(42)49(41,31-16-6-4-7-17-31)32-18-8-5-9-19-32/h4-30H,1-3H3. The van der Waals surface area contributed by atoms with E-state index in [1.54, 1.807) is 0 Å². The lowest BCUT2D eigenvalue weighted by Crippen LogP contribution is -2.64. The van der Waals surface area contributed by atoms with Gasteiger partial charge in [0, 0.05) is 27.4 Å². The highest BCUT2D eigenvalue weighted by Crippen LogP contribution is 2.49. The molecule has 0 amide bonds. The van der Waals surface area contributed by atoms with Gasteiger partial charge in [-0.3, -0.25) is 0 Å². The van der Waals surface area contributed by atoms with Gasteiger partial charge in [-0.2, -0.15) is 0 Å². The summed E-state index contributed by atoms with van der Waals surface area (Å²) in [6, 6.07) is 62.2. The Hall–Kier alpha value is -5.86. The lowest BCUT2D eigenvalue weighted by molar-refractivity contribution is 0.591. The average molecular weight is 650 g/mol. The van der Waals surface area contributed by atoms with Gasteiger partial charge in [0.25, 0.3) is 0 Å². The molecule has 0 saturated carbocycles. The minimum absolute atomic E-state index is 0.0368. The predicted molar refractivity (Wildman–Crippen MR) is 217 cm³/mol. The van der Waals surface area contributed by atoms with E-state index >= 15 is 0 Å². The SMILES string of the molecule is CC(C)(C)c1ccc2c(c1)c1ccc3c4c1n2-c1c(c2ccccc2c2ccccc12)B4c1ccccc1C3(c1ccccc1)c1ccccc1. The highest BCUT2D eigenvalue weighted by atomic mass is 15.0. The predicted octanol–water partition coefficient (Wildman–Crippen LogP) is 9.91. The molecule has 0 saturated heterocycles. The van der Waals surface area contributed by atoms with E-state index in [9.17, 15) is 0 Å². The number of hydrogen-bond acceptors (Lipinski definition) is 0. The van der Waals surface area contributed by atoms with Crippen molar-refractivity contribution in [2.45, 2.75) is 31.6 Å². The van der Waals surface area contributed by atoms with Gasteiger partial charge >= 0.3 is 0 Å². The van der Waals surface area contributed by atoms with Crippen molar-refractivity contribution in [2.24, 2.45) is 0 Å². The molecule has 2 heteroatoms. The van der Waals surface area contributed by atoms with E-state index in [4.69, 9.17) is 0 Å². The van der Waals surface area contributed by atoms with Crippen LogP contribution in [0.25, 0.3) is 49.0 Å². The molecule has 0 unspecified atom stereocenters. The first kappa shape index (κ1) is 28.9. The molecule has 0 spiro atoms. The van der Waals surface area contributed by atoms with Gasteiger partial charge in [0.2, 0.25) is 6.71 Å². The smallest absolute Gasteiger partial charge is 0.248 e. The van der Waals surface area contributed by atoms with Crippen molar-refractivity contribution in [2.75, 3.05) is 0 Å². The van der Waals surface area contributed by atoms with E-state index in [0.717, 1.165) is 0 Å². The van der Waals surface area contributed by atoms with Crippen LogP contribution >= 0.6 is 0 Å². The second-order valence-electron chi connectivity index (χ2n) is 15.6. The van der Waals surface area contributed by atoms with Gasteiger partial charge in [0.1, 0.15) is 0 Å². The summed E-state index contributed by atoms with van der Waals surface area (Å²) in [7, 11) is 0. The lowest BCUT2D eigenvalue weighted by Gasteiger charge is -2.46. The maximum Gasteiger partial charge on any atom is 0.248 e. The highest BCUT2D eigenvalue weighted by molar-refractivity contribution is 7.00. The first-order chi connectivity index (χ1) is 25.0. The molecule has 240 valence electrons. The minimum atomic E-state index is -0.499. The largest absolute Gasteiger partial charge is 0.310 e. The van der Waals surface area contributed by atoms with Crippen molar-refractivity contribution in [3.63, 3.8) is 0 Å². The topological polar surface area (TPSA) is 4.93 Å². The van der Waals surface area contributed by atoms with Crippen LogP contribution in [0.15, 0.2) is 164 Å². The molecule has 9 aromatic rings. The maximum absolute atomic E-state index is 2.66. The zero-order valence-electron chi connectivity index (χ0n) is 29.1. The van der Waals surface area contributed by atoms with Crippen molar-refractivity contribution < 1.29 is 0 Å². The Morgan fingerprint density at radius 3 is 1.75 bits per heavy atom. The fourth-order valence-electron chi connectivity index (χ4n) is 9.99. The Balaban J connectivity index is 1.44. The number of fused-ring (bicyclic) bond motifs is 13. The molecule has 51 heavy (non-hydrogen) atoms. The van der Waals surface area contributed by atoms with Crippen molar-refractivity contribution in [1.29, 1.82) is 0 Å². The molecular weight excluding hydrogens is 613 g/mol. The lowest BCUT2D eigenvalue weighted by atomic mass is 9.29. The Labute approximate surface area is 298 Å². The number of rotatable bonds is 2. The zero-order valence-corrected chi connectivity index (χ0v) is 29.1. The van der Waals surface area contributed by atoms with Gasteiger partial charge in [-0.05, 0) is 72.4 Å². The first-order valence-electron chi connectivity index (χ1n) is 18.2. The molecule has 0 fully saturated rings. The van der Waals surface area contributed by atoms with E-state index in [1.165, 1.54) is 93.2 Å². The Kier molecular flexibility index (Phi) is 5.74. The van der Waals surface area contributed by atoms with E-state index in [2.05, 4.69) is 189 Å². The van der Waals surface area contributed by atoms with Gasteiger partial charge in [-0.15, -0.1) is 0 Å². The third kappa shape index (κ3) is 3.62. The van der Waals surface area contributed by atoms with Crippen LogP contribution in [0.3, 0.4) is 0 Å². The molecule has 11 rings (SSSR count). The van der Waals surface area contributed by atoms with E-state index in [-0.39, 0.29) is 12.1 Å². The molecule has 0 bridgehead atoms. The van der Waals surface area contributed by atoms with Crippen molar-refractivity contribution in [1.82, 2.24) is 4.57 Å². The van der Waals surface area contributed by atoms with Crippen LogP contribution < -0.4 is 16.4 Å². The fourth-order valence-corrected chi connectivity index (χ4v) is 9.99. The van der Waals surface area contributed by atoms with Crippen LogP contribution in [0.5, 0.6) is 0 Å². The monoisotopic (exact) mass is 649 g/mol. The zero-order chi connectivity index (χ0) is 34.1. The van der Waals surface area contributed by atoms with Crippen molar-refractivity contribution >= 4 is 66.5 Å². The second kappa shape index (κ2) is 10.1. The van der Waals surface area contributed by atoms with Crippen LogP contribution in [0, 0.1) is 0 Å². The van der Waals surface area contributed by atoms with E-state index in [0.29, 0.717) is 0 Å². The summed E-state index contributed by atoms with van der Waals surface area (Å²) in [5.74, 6) is 0. The molecule has 2 aliphatic rings. The first-order valence-corrected chi connectivity index (χ1v) is 18.2. The van der Waals surface area contributed by atoms with Crippen LogP contribution in [-0.4, -0.2) is 11.3 Å². The van der Waals surface area contributed by atoms with Gasteiger partial charge in [-0.1, -0.05) is 178 Å². The minimum Gasteiger partial charge on any atom is -0.310 e. The maximum atomic E-state index is 2.66. The van der Waals surface area contributed by atoms with Crippen molar-refractivity contribution in [3.05, 3.63) is 192 Å². The molecule has 1 nitrogen and oxygen atoms in total. The Bertz CT molecular complexity index is 2850. The molecule has 3 heterocycles. The molecule has 1 aromatic heterocycles. The van der Waals surface area contributed by atoms with Crippen LogP contribution in [0.4, 0.5) is 0 Å². The summed E-state index contributed by atoms with van der Waals surface area (Å²) >= 11 is 0. The van der Waals surface area contributed by atoms with Crippen LogP contribution in [0.2, 0.25) is 0 Å². The van der Waals surface area contributed by atoms with Crippen LogP contribution in [-0.2, 0) is 10.8 Å². The van der Waals surface area contributed by atoms with Gasteiger partial charge in [0.05, 0.1) is 10.9 Å². The number of hydrogen-bond donors (Lipinski definition) is 0. The summed E-state index contributed by atoms with van der Waals surface area (Å²) in [6.45, 7) is 7.03. The molecule has 8 aromatic carbocycles. The summed E-state index contributed by atoms with van der Waals surface area (Å²) in [6.07, 6.45) is 0. The quantitative estimate of drug-likeness (QED) is 0.130. The Morgan fingerprint density at radius 1 is 0.471 bits per heavy atom. The Morgan fingerprint density at radius 2 is 1.06 bits per heavy atom. The third-order valence-corrected chi connectivity index (χ3v) is 12.1. The molecule has 0 atom stereocenters. The molecule has 2 aliphatic heterocycles. The molecule has 0 radical (unpaired) electrons. The average Bonchev–Trinajstić information content (AvgIpc) is 3.51. The second-order valence-corrected chi connectivity index (χ2v) is 15.6. The number of benzene rings is 8. The van der Waals surface area contributed by atoms with Gasteiger partial charge in [0.15, 0.2) is 0 Å². The molecular formula is C49H36BN. The van der Waals surface area contributed by atoms with Crippen LogP contribution in [0.1, 0.15) is 48.6 Å². The third-order valence-electron chi connectivity index (χ3n) is 12.1. The summed E-state index contributed by atoms with van der Waals surface area (Å²) in [5.41, 5.74) is 14.4. The fraction of sp³-hybridized carbons (Fsp3) is 0.102. The molecule has 0 N–H and O–H groups in total. The summed E-state index contributed by atoms with van der Waals surface area (Å²) in [5, 5.41) is 7.92. The van der Waals surface area contributed by atoms with E-state index in [1.807, 2.05) is 0 Å². The highest BCUT2D eigenvalue weighted by Gasteiger charge is 2.51. The number of aromatic nitrogens is 1.